The molecule has 0 unspecified atom stereocenters. The van der Waals surface area contributed by atoms with E-state index in [2.05, 4.69) is 10.3 Å². The van der Waals surface area contributed by atoms with Crippen molar-refractivity contribution in [3.05, 3.63) is 44.7 Å². The number of hydrogen-bond acceptors (Lipinski definition) is 4. The highest BCUT2D eigenvalue weighted by atomic mass is 35.5. The first kappa shape index (κ1) is 13.5. The van der Waals surface area contributed by atoms with Crippen LogP contribution in [0.2, 0.25) is 5.02 Å². The van der Waals surface area contributed by atoms with Crippen molar-refractivity contribution in [2.45, 2.75) is 6.92 Å². The first-order chi connectivity index (χ1) is 9.00. The van der Waals surface area contributed by atoms with E-state index in [-0.39, 0.29) is 11.4 Å². The fourth-order valence-electron chi connectivity index (χ4n) is 1.42. The third-order valence-electron chi connectivity index (χ3n) is 2.38. The molecule has 0 aromatic carbocycles. The van der Waals surface area contributed by atoms with Crippen LogP contribution < -0.4 is 5.32 Å². The lowest BCUT2D eigenvalue weighted by Gasteiger charge is -2.06. The highest BCUT2D eigenvalue weighted by Gasteiger charge is 2.18. The molecule has 0 saturated heterocycles. The Morgan fingerprint density at radius 1 is 1.47 bits per heavy atom. The number of anilines is 1. The predicted octanol–water partition coefficient (Wildman–Crippen LogP) is 3.06. The van der Waals surface area contributed by atoms with E-state index in [1.54, 1.807) is 12.3 Å². The van der Waals surface area contributed by atoms with E-state index in [1.165, 1.54) is 29.7 Å². The van der Waals surface area contributed by atoms with Gasteiger partial charge in [-0.05, 0) is 30.0 Å². The molecule has 5 nitrogen and oxygen atoms in total. The number of aryl methyl sites for hydroxylation is 1. The molecule has 0 aliphatic carbocycles. The number of carboxylic acid groups (broad SMARTS) is 1. The molecular formula is C12H9ClN2O3S. The van der Waals surface area contributed by atoms with Gasteiger partial charge in [0.15, 0.2) is 0 Å². The second kappa shape index (κ2) is 5.38. The molecule has 0 aliphatic rings. The molecule has 0 fully saturated rings. The maximum Gasteiger partial charge on any atom is 0.339 e. The van der Waals surface area contributed by atoms with E-state index in [0.717, 1.165) is 5.56 Å². The number of carbonyl (C=O) groups excluding carboxylic acids is 1. The fraction of sp³-hybridized carbons (Fsp3) is 0.0833. The summed E-state index contributed by atoms with van der Waals surface area (Å²) in [5.41, 5.74) is 0.733. The molecule has 0 radical (unpaired) electrons. The SMILES string of the molecule is Cc1csc(C(=O)Nc2ncccc2C(=O)O)c1Cl. The van der Waals surface area contributed by atoms with Crippen molar-refractivity contribution >= 4 is 40.6 Å². The Labute approximate surface area is 117 Å². The highest BCUT2D eigenvalue weighted by molar-refractivity contribution is 7.13. The lowest BCUT2D eigenvalue weighted by atomic mass is 10.2. The minimum absolute atomic E-state index is 0.00196. The van der Waals surface area contributed by atoms with E-state index < -0.39 is 11.9 Å². The molecule has 2 aromatic heterocycles. The Balaban J connectivity index is 2.29. The number of carboxylic acids is 1. The molecular weight excluding hydrogens is 288 g/mol. The Morgan fingerprint density at radius 2 is 2.21 bits per heavy atom. The van der Waals surface area contributed by atoms with Crippen LogP contribution in [0, 0.1) is 6.92 Å². The number of nitrogens with zero attached hydrogens (tertiary/aromatic N) is 1. The van der Waals surface area contributed by atoms with Crippen LogP contribution >= 0.6 is 22.9 Å². The molecule has 2 N–H and O–H groups in total. The summed E-state index contributed by atoms with van der Waals surface area (Å²) in [6.07, 6.45) is 1.41. The van der Waals surface area contributed by atoms with Crippen molar-refractivity contribution in [3.63, 3.8) is 0 Å². The molecule has 19 heavy (non-hydrogen) atoms. The van der Waals surface area contributed by atoms with Gasteiger partial charge < -0.3 is 10.4 Å². The monoisotopic (exact) mass is 296 g/mol. The Hall–Kier alpha value is -1.92. The standard InChI is InChI=1S/C12H9ClN2O3S/c1-6-5-19-9(8(6)13)11(16)15-10-7(12(17)18)3-2-4-14-10/h2-5H,1H3,(H,17,18)(H,14,15,16). The second-order valence-corrected chi connectivity index (χ2v) is 4.98. The van der Waals surface area contributed by atoms with Crippen molar-refractivity contribution in [2.24, 2.45) is 0 Å². The van der Waals surface area contributed by atoms with Crippen LogP contribution in [0.4, 0.5) is 5.82 Å². The summed E-state index contributed by atoms with van der Waals surface area (Å²) in [4.78, 5) is 27.2. The van der Waals surface area contributed by atoms with E-state index in [0.29, 0.717) is 9.90 Å². The lowest BCUT2D eigenvalue weighted by Crippen LogP contribution is -2.15. The van der Waals surface area contributed by atoms with Crippen molar-refractivity contribution in [3.8, 4) is 0 Å². The number of pyridine rings is 1. The van der Waals surface area contributed by atoms with Crippen molar-refractivity contribution in [1.82, 2.24) is 4.98 Å². The van der Waals surface area contributed by atoms with Gasteiger partial charge in [0, 0.05) is 6.20 Å². The van der Waals surface area contributed by atoms with Gasteiger partial charge in [0.1, 0.15) is 16.3 Å². The van der Waals surface area contributed by atoms with Gasteiger partial charge in [-0.15, -0.1) is 11.3 Å². The number of carbonyl (C=O) groups is 2. The molecule has 0 spiro atoms. The fourth-order valence-corrected chi connectivity index (χ4v) is 2.60. The summed E-state index contributed by atoms with van der Waals surface area (Å²) >= 11 is 7.18. The van der Waals surface area contributed by atoms with Crippen molar-refractivity contribution < 1.29 is 14.7 Å². The van der Waals surface area contributed by atoms with Crippen LogP contribution in [0.1, 0.15) is 25.6 Å². The summed E-state index contributed by atoms with van der Waals surface area (Å²) in [6.45, 7) is 1.79. The van der Waals surface area contributed by atoms with Gasteiger partial charge in [-0.3, -0.25) is 4.79 Å². The number of hydrogen-bond donors (Lipinski definition) is 2. The first-order valence-corrected chi connectivity index (χ1v) is 6.49. The number of aromatic carboxylic acids is 1. The Kier molecular flexibility index (Phi) is 3.82. The van der Waals surface area contributed by atoms with E-state index in [1.807, 2.05) is 0 Å². The molecule has 0 saturated carbocycles. The van der Waals surface area contributed by atoms with E-state index in [4.69, 9.17) is 16.7 Å². The lowest BCUT2D eigenvalue weighted by molar-refractivity contribution is 0.0697. The second-order valence-electron chi connectivity index (χ2n) is 3.72. The first-order valence-electron chi connectivity index (χ1n) is 5.24. The molecule has 0 aliphatic heterocycles. The smallest absolute Gasteiger partial charge is 0.339 e. The average Bonchev–Trinajstić information content (AvgIpc) is 2.70. The van der Waals surface area contributed by atoms with Gasteiger partial charge in [-0.2, -0.15) is 0 Å². The van der Waals surface area contributed by atoms with Crippen LogP contribution in [-0.4, -0.2) is 22.0 Å². The van der Waals surface area contributed by atoms with Gasteiger partial charge >= 0.3 is 5.97 Å². The predicted molar refractivity (Wildman–Crippen MR) is 73.2 cm³/mol. The third kappa shape index (κ3) is 2.74. The summed E-state index contributed by atoms with van der Waals surface area (Å²) in [6, 6.07) is 2.85. The van der Waals surface area contributed by atoms with Crippen LogP contribution in [0.5, 0.6) is 0 Å². The number of amides is 1. The number of nitrogens with one attached hydrogen (secondary N) is 1. The normalized spacial score (nSPS) is 10.2. The Morgan fingerprint density at radius 3 is 2.79 bits per heavy atom. The third-order valence-corrected chi connectivity index (χ3v) is 4.07. The van der Waals surface area contributed by atoms with Crippen molar-refractivity contribution in [2.75, 3.05) is 5.32 Å². The van der Waals surface area contributed by atoms with Gasteiger partial charge in [0.25, 0.3) is 5.91 Å². The van der Waals surface area contributed by atoms with Crippen LogP contribution in [0.15, 0.2) is 23.7 Å². The van der Waals surface area contributed by atoms with Crippen LogP contribution in [-0.2, 0) is 0 Å². The zero-order chi connectivity index (χ0) is 14.0. The van der Waals surface area contributed by atoms with Crippen LogP contribution in [0.3, 0.4) is 0 Å². The summed E-state index contributed by atoms with van der Waals surface area (Å²) in [5, 5.41) is 13.6. The molecule has 2 rings (SSSR count). The van der Waals surface area contributed by atoms with Crippen LogP contribution in [0.25, 0.3) is 0 Å². The Bertz CT molecular complexity index is 654. The number of aromatic nitrogens is 1. The minimum Gasteiger partial charge on any atom is -0.478 e. The quantitative estimate of drug-likeness (QED) is 0.912. The van der Waals surface area contributed by atoms with Crippen molar-refractivity contribution in [1.29, 1.82) is 0 Å². The number of thiophene rings is 1. The topological polar surface area (TPSA) is 79.3 Å². The van der Waals surface area contributed by atoms with Gasteiger partial charge in [0.2, 0.25) is 0 Å². The summed E-state index contributed by atoms with van der Waals surface area (Å²) in [7, 11) is 0. The molecule has 0 atom stereocenters. The average molecular weight is 297 g/mol. The van der Waals surface area contributed by atoms with E-state index in [9.17, 15) is 9.59 Å². The molecule has 0 bridgehead atoms. The maximum absolute atomic E-state index is 12.0. The molecule has 7 heteroatoms. The maximum atomic E-state index is 12.0. The molecule has 98 valence electrons. The number of rotatable bonds is 3. The molecule has 1 amide bonds. The van der Waals surface area contributed by atoms with Gasteiger partial charge in [-0.25, -0.2) is 9.78 Å². The van der Waals surface area contributed by atoms with E-state index >= 15 is 0 Å². The summed E-state index contributed by atoms with van der Waals surface area (Å²) < 4.78 is 0. The zero-order valence-electron chi connectivity index (χ0n) is 9.81. The molecule has 2 aromatic rings. The minimum atomic E-state index is -1.16. The van der Waals surface area contributed by atoms with Gasteiger partial charge in [-0.1, -0.05) is 11.6 Å². The zero-order valence-corrected chi connectivity index (χ0v) is 11.4. The molecule has 2 heterocycles. The number of halogens is 1. The summed E-state index contributed by atoms with van der Waals surface area (Å²) in [5.74, 6) is -1.62. The largest absolute Gasteiger partial charge is 0.478 e. The highest BCUT2D eigenvalue weighted by Crippen LogP contribution is 2.28. The van der Waals surface area contributed by atoms with Gasteiger partial charge in [0.05, 0.1) is 5.02 Å².